The Balaban J connectivity index is 2.37. The highest BCUT2D eigenvalue weighted by molar-refractivity contribution is 6.13. The molecule has 88 valence electrons. The second kappa shape index (κ2) is 5.15. The zero-order valence-electron chi connectivity index (χ0n) is 10.00. The molecule has 2 aromatic rings. The van der Waals surface area contributed by atoms with Crippen LogP contribution in [0.25, 0.3) is 6.08 Å². The third-order valence-corrected chi connectivity index (χ3v) is 2.68. The summed E-state index contributed by atoms with van der Waals surface area (Å²) >= 11 is 0. The van der Waals surface area contributed by atoms with E-state index in [1.165, 1.54) is 0 Å². The van der Waals surface area contributed by atoms with Gasteiger partial charge in [0.2, 0.25) is 5.78 Å². The summed E-state index contributed by atoms with van der Waals surface area (Å²) in [6.07, 6.45) is 3.48. The molecular weight excluding hydrogens is 224 g/mol. The van der Waals surface area contributed by atoms with Gasteiger partial charge in [-0.15, -0.1) is 0 Å². The van der Waals surface area contributed by atoms with E-state index in [1.54, 1.807) is 30.3 Å². The molecule has 1 aromatic carbocycles. The maximum Gasteiger partial charge on any atom is 0.203 e. The topological polar surface area (TPSA) is 45.8 Å². The lowest BCUT2D eigenvalue weighted by Crippen LogP contribution is -2.02. The zero-order chi connectivity index (χ0) is 13.0. The normalized spacial score (nSPS) is 11.0. The van der Waals surface area contributed by atoms with E-state index >= 15 is 0 Å². The van der Waals surface area contributed by atoms with Crippen LogP contribution >= 0.6 is 0 Å². The van der Waals surface area contributed by atoms with Gasteiger partial charge >= 0.3 is 0 Å². The van der Waals surface area contributed by atoms with Crippen LogP contribution in [0.15, 0.2) is 54.2 Å². The zero-order valence-corrected chi connectivity index (χ0v) is 10.00. The van der Waals surface area contributed by atoms with E-state index in [0.29, 0.717) is 5.56 Å². The van der Waals surface area contributed by atoms with Gasteiger partial charge in [0.15, 0.2) is 0 Å². The Bertz CT molecular complexity index is 630. The van der Waals surface area contributed by atoms with Crippen LogP contribution in [0, 0.1) is 11.3 Å². The molecule has 0 unspecified atom stereocenters. The molecule has 1 aromatic heterocycles. The number of aryl methyl sites for hydroxylation is 1. The fourth-order valence-electron chi connectivity index (χ4n) is 1.67. The molecule has 18 heavy (non-hydrogen) atoms. The summed E-state index contributed by atoms with van der Waals surface area (Å²) in [5.41, 5.74) is 1.50. The Hall–Kier alpha value is -2.60. The van der Waals surface area contributed by atoms with Crippen molar-refractivity contribution in [2.75, 3.05) is 0 Å². The molecule has 0 aliphatic rings. The van der Waals surface area contributed by atoms with Crippen LogP contribution in [0.5, 0.6) is 0 Å². The van der Waals surface area contributed by atoms with Gasteiger partial charge in [-0.25, -0.2) is 0 Å². The van der Waals surface area contributed by atoms with Crippen LogP contribution in [-0.4, -0.2) is 10.4 Å². The standard InChI is InChI=1S/C15H12N2O/c1-17-9-5-8-14(17)10-13(11-16)15(18)12-6-3-2-4-7-12/h2-10H,1H3/b13-10+. The monoisotopic (exact) mass is 236 g/mol. The molecule has 2 rings (SSSR count). The predicted molar refractivity (Wildman–Crippen MR) is 69.8 cm³/mol. The number of carbonyl (C=O) groups excluding carboxylic acids is 1. The molecule has 3 nitrogen and oxygen atoms in total. The second-order valence-electron chi connectivity index (χ2n) is 3.91. The summed E-state index contributed by atoms with van der Waals surface area (Å²) in [6.45, 7) is 0. The van der Waals surface area contributed by atoms with Crippen molar-refractivity contribution in [3.63, 3.8) is 0 Å². The minimum Gasteiger partial charge on any atom is -0.351 e. The van der Waals surface area contributed by atoms with Gasteiger partial charge in [-0.1, -0.05) is 30.3 Å². The molecule has 0 saturated heterocycles. The van der Waals surface area contributed by atoms with Crippen molar-refractivity contribution in [3.05, 3.63) is 65.5 Å². The maximum absolute atomic E-state index is 12.1. The van der Waals surface area contributed by atoms with Gasteiger partial charge in [0.1, 0.15) is 11.6 Å². The Morgan fingerprint density at radius 1 is 1.22 bits per heavy atom. The maximum atomic E-state index is 12.1. The average Bonchev–Trinajstić information content (AvgIpc) is 2.81. The molecule has 0 aliphatic carbocycles. The number of Topliss-reactive ketones (excluding diaryl/α,β-unsaturated/α-hetero) is 1. The molecule has 0 atom stereocenters. The minimum atomic E-state index is -0.251. The highest BCUT2D eigenvalue weighted by atomic mass is 16.1. The van der Waals surface area contributed by atoms with Crippen molar-refractivity contribution in [2.45, 2.75) is 0 Å². The Morgan fingerprint density at radius 3 is 2.50 bits per heavy atom. The molecule has 3 heteroatoms. The molecule has 0 amide bonds. The third-order valence-electron chi connectivity index (χ3n) is 2.68. The van der Waals surface area contributed by atoms with E-state index in [4.69, 9.17) is 5.26 Å². The number of nitriles is 1. The van der Waals surface area contributed by atoms with Gasteiger partial charge in [0.25, 0.3) is 0 Å². The SMILES string of the molecule is Cn1cccc1/C=C(\C#N)C(=O)c1ccccc1. The Labute approximate surface area is 106 Å². The van der Waals surface area contributed by atoms with Gasteiger partial charge in [-0.3, -0.25) is 4.79 Å². The van der Waals surface area contributed by atoms with Crippen LogP contribution in [0.4, 0.5) is 0 Å². The minimum absolute atomic E-state index is 0.142. The molecule has 0 radical (unpaired) electrons. The Kier molecular flexibility index (Phi) is 3.40. The summed E-state index contributed by atoms with van der Waals surface area (Å²) in [6, 6.07) is 14.5. The number of aromatic nitrogens is 1. The van der Waals surface area contributed by atoms with E-state index in [0.717, 1.165) is 5.69 Å². The number of benzene rings is 1. The second-order valence-corrected chi connectivity index (χ2v) is 3.91. The molecule has 0 spiro atoms. The van der Waals surface area contributed by atoms with E-state index in [9.17, 15) is 4.79 Å². The fourth-order valence-corrected chi connectivity index (χ4v) is 1.67. The molecular formula is C15H12N2O. The van der Waals surface area contributed by atoms with Gasteiger partial charge in [0, 0.05) is 24.5 Å². The molecule has 0 bridgehead atoms. The number of rotatable bonds is 3. The summed E-state index contributed by atoms with van der Waals surface area (Å²) in [5.74, 6) is -0.251. The van der Waals surface area contributed by atoms with Gasteiger partial charge < -0.3 is 4.57 Å². The first kappa shape index (κ1) is 11.9. The quantitative estimate of drug-likeness (QED) is 0.467. The lowest BCUT2D eigenvalue weighted by Gasteiger charge is -2.00. The molecule has 0 saturated carbocycles. The summed E-state index contributed by atoms with van der Waals surface area (Å²) in [5, 5.41) is 9.10. The first-order valence-corrected chi connectivity index (χ1v) is 5.55. The van der Waals surface area contributed by atoms with E-state index in [2.05, 4.69) is 0 Å². The van der Waals surface area contributed by atoms with Crippen LogP contribution in [0.3, 0.4) is 0 Å². The molecule has 1 heterocycles. The lowest BCUT2D eigenvalue weighted by molar-refractivity contribution is 0.104. The van der Waals surface area contributed by atoms with Crippen LogP contribution in [0.2, 0.25) is 0 Å². The van der Waals surface area contributed by atoms with Gasteiger partial charge in [0.05, 0.1) is 0 Å². The molecule has 0 aliphatic heterocycles. The largest absolute Gasteiger partial charge is 0.351 e. The van der Waals surface area contributed by atoms with Crippen LogP contribution < -0.4 is 0 Å². The first-order valence-electron chi connectivity index (χ1n) is 5.55. The smallest absolute Gasteiger partial charge is 0.203 e. The highest BCUT2D eigenvalue weighted by Gasteiger charge is 2.11. The molecule has 0 fully saturated rings. The lowest BCUT2D eigenvalue weighted by atomic mass is 10.0. The summed E-state index contributed by atoms with van der Waals surface area (Å²) < 4.78 is 1.86. The highest BCUT2D eigenvalue weighted by Crippen LogP contribution is 2.12. The van der Waals surface area contributed by atoms with Crippen molar-refractivity contribution in [3.8, 4) is 6.07 Å². The van der Waals surface area contributed by atoms with Crippen molar-refractivity contribution in [1.29, 1.82) is 5.26 Å². The van der Waals surface area contributed by atoms with E-state index in [-0.39, 0.29) is 11.4 Å². The number of hydrogen-bond acceptors (Lipinski definition) is 2. The van der Waals surface area contributed by atoms with Crippen molar-refractivity contribution < 1.29 is 4.79 Å². The van der Waals surface area contributed by atoms with Crippen LogP contribution in [0.1, 0.15) is 16.1 Å². The van der Waals surface area contributed by atoms with E-state index in [1.807, 2.05) is 42.1 Å². The summed E-state index contributed by atoms with van der Waals surface area (Å²) in [7, 11) is 1.87. The average molecular weight is 236 g/mol. The van der Waals surface area contributed by atoms with Crippen LogP contribution in [-0.2, 0) is 7.05 Å². The van der Waals surface area contributed by atoms with Gasteiger partial charge in [-0.2, -0.15) is 5.26 Å². The Morgan fingerprint density at radius 2 is 1.94 bits per heavy atom. The third kappa shape index (κ3) is 2.38. The van der Waals surface area contributed by atoms with Gasteiger partial charge in [-0.05, 0) is 18.2 Å². The van der Waals surface area contributed by atoms with E-state index < -0.39 is 0 Å². The van der Waals surface area contributed by atoms with Crippen molar-refractivity contribution >= 4 is 11.9 Å². The number of carbonyl (C=O) groups is 1. The van der Waals surface area contributed by atoms with Crippen molar-refractivity contribution in [2.24, 2.45) is 7.05 Å². The number of nitrogens with zero attached hydrogens (tertiary/aromatic N) is 2. The van der Waals surface area contributed by atoms with Crippen molar-refractivity contribution in [1.82, 2.24) is 4.57 Å². The first-order chi connectivity index (χ1) is 8.72. The molecule has 0 N–H and O–H groups in total. The summed E-state index contributed by atoms with van der Waals surface area (Å²) in [4.78, 5) is 12.1. The number of ketones is 1. The predicted octanol–water partition coefficient (Wildman–Crippen LogP) is 2.81. The number of hydrogen-bond donors (Lipinski definition) is 0. The number of allylic oxidation sites excluding steroid dienone is 1. The fraction of sp³-hybridized carbons (Fsp3) is 0.0667.